The number of nitrogens with zero attached hydrogens (tertiary/aromatic N) is 1. The highest BCUT2D eigenvalue weighted by atomic mass is 16.5. The SMILES string of the molecule is Cc1cc(COC2CCOC2)no1. The van der Waals surface area contributed by atoms with Gasteiger partial charge in [-0.2, -0.15) is 0 Å². The van der Waals surface area contributed by atoms with Crippen LogP contribution in [0.4, 0.5) is 0 Å². The molecule has 0 N–H and O–H groups in total. The first kappa shape index (κ1) is 8.72. The summed E-state index contributed by atoms with van der Waals surface area (Å²) in [4.78, 5) is 0. The molecule has 1 aromatic heterocycles. The molecule has 2 rings (SSSR count). The van der Waals surface area contributed by atoms with Crippen LogP contribution in [0.15, 0.2) is 10.6 Å². The van der Waals surface area contributed by atoms with Crippen molar-refractivity contribution in [2.45, 2.75) is 26.1 Å². The third kappa shape index (κ3) is 2.29. The van der Waals surface area contributed by atoms with E-state index in [0.29, 0.717) is 13.2 Å². The highest BCUT2D eigenvalue weighted by molar-refractivity contribution is 5.01. The van der Waals surface area contributed by atoms with Crippen LogP contribution >= 0.6 is 0 Å². The lowest BCUT2D eigenvalue weighted by Gasteiger charge is -2.06. The molecule has 13 heavy (non-hydrogen) atoms. The average molecular weight is 183 g/mol. The molecule has 1 aliphatic rings. The van der Waals surface area contributed by atoms with Crippen LogP contribution in [0.1, 0.15) is 17.9 Å². The zero-order valence-corrected chi connectivity index (χ0v) is 7.66. The Morgan fingerprint density at radius 2 is 2.62 bits per heavy atom. The van der Waals surface area contributed by atoms with Crippen molar-refractivity contribution >= 4 is 0 Å². The quantitative estimate of drug-likeness (QED) is 0.708. The van der Waals surface area contributed by atoms with E-state index in [-0.39, 0.29) is 6.10 Å². The summed E-state index contributed by atoms with van der Waals surface area (Å²) < 4.78 is 15.7. The molecule has 1 aromatic rings. The van der Waals surface area contributed by atoms with Gasteiger partial charge in [-0.15, -0.1) is 0 Å². The maximum Gasteiger partial charge on any atom is 0.134 e. The molecule has 0 saturated carbocycles. The number of hydrogen-bond acceptors (Lipinski definition) is 4. The van der Waals surface area contributed by atoms with Crippen LogP contribution in [-0.4, -0.2) is 24.5 Å². The van der Waals surface area contributed by atoms with Crippen LogP contribution in [0, 0.1) is 6.92 Å². The van der Waals surface area contributed by atoms with E-state index in [4.69, 9.17) is 14.0 Å². The summed E-state index contributed by atoms with van der Waals surface area (Å²) in [7, 11) is 0. The minimum atomic E-state index is 0.233. The van der Waals surface area contributed by atoms with E-state index in [1.54, 1.807) is 0 Å². The summed E-state index contributed by atoms with van der Waals surface area (Å²) in [5.41, 5.74) is 0.851. The third-order valence-corrected chi connectivity index (χ3v) is 2.03. The van der Waals surface area contributed by atoms with Crippen molar-refractivity contribution in [3.05, 3.63) is 17.5 Å². The van der Waals surface area contributed by atoms with Crippen LogP contribution < -0.4 is 0 Å². The fourth-order valence-electron chi connectivity index (χ4n) is 1.33. The first-order chi connectivity index (χ1) is 6.34. The highest BCUT2D eigenvalue weighted by Crippen LogP contribution is 2.11. The summed E-state index contributed by atoms with van der Waals surface area (Å²) in [6, 6.07) is 1.88. The van der Waals surface area contributed by atoms with Crippen molar-refractivity contribution in [3.63, 3.8) is 0 Å². The molecule has 1 saturated heterocycles. The Bertz CT molecular complexity index is 266. The predicted molar refractivity (Wildman–Crippen MR) is 45.3 cm³/mol. The molecule has 0 spiro atoms. The Labute approximate surface area is 76.8 Å². The second-order valence-corrected chi connectivity index (χ2v) is 3.23. The van der Waals surface area contributed by atoms with Gasteiger partial charge in [0.05, 0.1) is 19.3 Å². The van der Waals surface area contributed by atoms with E-state index in [1.165, 1.54) is 0 Å². The van der Waals surface area contributed by atoms with Gasteiger partial charge in [-0.05, 0) is 13.3 Å². The van der Waals surface area contributed by atoms with Gasteiger partial charge in [0.2, 0.25) is 0 Å². The molecule has 2 heterocycles. The molecule has 1 aliphatic heterocycles. The summed E-state index contributed by atoms with van der Waals surface area (Å²) >= 11 is 0. The predicted octanol–water partition coefficient (Wildman–Crippen LogP) is 1.29. The Hall–Kier alpha value is -0.870. The fraction of sp³-hybridized carbons (Fsp3) is 0.667. The zero-order valence-electron chi connectivity index (χ0n) is 7.66. The largest absolute Gasteiger partial charge is 0.379 e. The smallest absolute Gasteiger partial charge is 0.134 e. The van der Waals surface area contributed by atoms with Gasteiger partial charge >= 0.3 is 0 Å². The Balaban J connectivity index is 1.78. The number of aromatic nitrogens is 1. The van der Waals surface area contributed by atoms with E-state index in [2.05, 4.69) is 5.16 Å². The van der Waals surface area contributed by atoms with Crippen molar-refractivity contribution in [3.8, 4) is 0 Å². The van der Waals surface area contributed by atoms with Crippen molar-refractivity contribution in [2.24, 2.45) is 0 Å². The number of ether oxygens (including phenoxy) is 2. The molecule has 1 unspecified atom stereocenters. The summed E-state index contributed by atoms with van der Waals surface area (Å²) in [5.74, 6) is 0.821. The van der Waals surface area contributed by atoms with E-state index in [0.717, 1.165) is 24.5 Å². The monoisotopic (exact) mass is 183 g/mol. The van der Waals surface area contributed by atoms with Gasteiger partial charge in [-0.1, -0.05) is 5.16 Å². The Kier molecular flexibility index (Phi) is 2.61. The first-order valence-electron chi connectivity index (χ1n) is 4.46. The van der Waals surface area contributed by atoms with E-state index >= 15 is 0 Å². The normalized spacial score (nSPS) is 22.4. The lowest BCUT2D eigenvalue weighted by atomic mass is 10.3. The van der Waals surface area contributed by atoms with E-state index < -0.39 is 0 Å². The van der Waals surface area contributed by atoms with Crippen LogP contribution in [0.25, 0.3) is 0 Å². The van der Waals surface area contributed by atoms with Gasteiger partial charge in [0.15, 0.2) is 0 Å². The summed E-state index contributed by atoms with van der Waals surface area (Å²) in [6.07, 6.45) is 1.22. The number of hydrogen-bond donors (Lipinski definition) is 0. The summed E-state index contributed by atoms with van der Waals surface area (Å²) in [6.45, 7) is 3.90. The van der Waals surface area contributed by atoms with Crippen molar-refractivity contribution < 1.29 is 14.0 Å². The molecular formula is C9H13NO3. The van der Waals surface area contributed by atoms with Gasteiger partial charge in [0.1, 0.15) is 11.5 Å². The maximum atomic E-state index is 5.55. The molecule has 72 valence electrons. The first-order valence-corrected chi connectivity index (χ1v) is 4.46. The van der Waals surface area contributed by atoms with E-state index in [9.17, 15) is 0 Å². The second-order valence-electron chi connectivity index (χ2n) is 3.23. The topological polar surface area (TPSA) is 44.5 Å². The van der Waals surface area contributed by atoms with Gasteiger partial charge < -0.3 is 14.0 Å². The molecule has 1 fully saturated rings. The van der Waals surface area contributed by atoms with Crippen molar-refractivity contribution in [1.82, 2.24) is 5.16 Å². The fourth-order valence-corrected chi connectivity index (χ4v) is 1.33. The second kappa shape index (κ2) is 3.89. The molecule has 0 bridgehead atoms. The molecule has 0 radical (unpaired) electrons. The van der Waals surface area contributed by atoms with Gasteiger partial charge in [0, 0.05) is 12.7 Å². The van der Waals surface area contributed by atoms with Crippen molar-refractivity contribution in [1.29, 1.82) is 0 Å². The minimum absolute atomic E-state index is 0.233. The van der Waals surface area contributed by atoms with Gasteiger partial charge in [0.25, 0.3) is 0 Å². The lowest BCUT2D eigenvalue weighted by Crippen LogP contribution is -2.11. The van der Waals surface area contributed by atoms with E-state index in [1.807, 2.05) is 13.0 Å². The zero-order chi connectivity index (χ0) is 9.10. The molecule has 4 nitrogen and oxygen atoms in total. The Morgan fingerprint density at radius 1 is 1.69 bits per heavy atom. The third-order valence-electron chi connectivity index (χ3n) is 2.03. The highest BCUT2D eigenvalue weighted by Gasteiger charge is 2.16. The molecule has 0 aliphatic carbocycles. The van der Waals surface area contributed by atoms with Gasteiger partial charge in [-0.3, -0.25) is 0 Å². The van der Waals surface area contributed by atoms with Crippen LogP contribution in [0.3, 0.4) is 0 Å². The van der Waals surface area contributed by atoms with Crippen LogP contribution in [0.2, 0.25) is 0 Å². The molecule has 4 heteroatoms. The number of rotatable bonds is 3. The van der Waals surface area contributed by atoms with Crippen LogP contribution in [-0.2, 0) is 16.1 Å². The average Bonchev–Trinajstić information content (AvgIpc) is 2.71. The standard InChI is InChI=1S/C9H13NO3/c1-7-4-8(10-13-7)5-12-9-2-3-11-6-9/h4,9H,2-3,5-6H2,1H3. The maximum absolute atomic E-state index is 5.55. The molecule has 1 atom stereocenters. The molecule has 0 amide bonds. The molecule has 0 aromatic carbocycles. The van der Waals surface area contributed by atoms with Gasteiger partial charge in [-0.25, -0.2) is 0 Å². The summed E-state index contributed by atoms with van der Waals surface area (Å²) in [5, 5.41) is 3.84. The Morgan fingerprint density at radius 3 is 3.23 bits per heavy atom. The molecular weight excluding hydrogens is 170 g/mol. The lowest BCUT2D eigenvalue weighted by molar-refractivity contribution is 0.0290. The van der Waals surface area contributed by atoms with Crippen LogP contribution in [0.5, 0.6) is 0 Å². The minimum Gasteiger partial charge on any atom is -0.379 e. The van der Waals surface area contributed by atoms with Crippen molar-refractivity contribution in [2.75, 3.05) is 13.2 Å². The number of aryl methyl sites for hydroxylation is 1.